The van der Waals surface area contributed by atoms with Crippen molar-refractivity contribution >= 4 is 26.8 Å². The Labute approximate surface area is 94.1 Å². The average molecular weight is 272 g/mol. The van der Waals surface area contributed by atoms with Gasteiger partial charge in [-0.05, 0) is 28.1 Å². The molecule has 0 atom stereocenters. The van der Waals surface area contributed by atoms with E-state index in [1.54, 1.807) is 22.9 Å². The highest BCUT2D eigenvalue weighted by molar-refractivity contribution is 9.10. The molecule has 0 unspecified atom stereocenters. The van der Waals surface area contributed by atoms with E-state index in [4.69, 9.17) is 0 Å². The van der Waals surface area contributed by atoms with Crippen molar-refractivity contribution in [3.63, 3.8) is 0 Å². The van der Waals surface area contributed by atoms with Gasteiger partial charge in [0.2, 0.25) is 0 Å². The Morgan fingerprint density at radius 3 is 2.87 bits per heavy atom. The molecule has 0 aliphatic heterocycles. The Balaban J connectivity index is 2.80. The monoisotopic (exact) mass is 271 g/mol. The van der Waals surface area contributed by atoms with Gasteiger partial charge < -0.3 is 4.57 Å². The van der Waals surface area contributed by atoms with Crippen LogP contribution in [0.25, 0.3) is 10.9 Å². The Bertz CT molecular complexity index is 531. The number of nitrogens with zero attached hydrogens (tertiary/aromatic N) is 1. The van der Waals surface area contributed by atoms with Crippen LogP contribution in [0.5, 0.6) is 0 Å². The maximum absolute atomic E-state index is 13.4. The van der Waals surface area contributed by atoms with E-state index in [0.717, 1.165) is 6.07 Å². The van der Waals surface area contributed by atoms with Gasteiger partial charge in [0.1, 0.15) is 0 Å². The molecule has 0 bridgehead atoms. The molecule has 2 aromatic rings. The molecule has 0 aliphatic carbocycles. The number of fused-ring (bicyclic) bond motifs is 1. The summed E-state index contributed by atoms with van der Waals surface area (Å²) in [4.78, 5) is 0. The van der Waals surface area contributed by atoms with Crippen molar-refractivity contribution in [3.05, 3.63) is 47.1 Å². The normalized spacial score (nSPS) is 10.9. The van der Waals surface area contributed by atoms with E-state index in [9.17, 15) is 8.78 Å². The second-order valence-corrected chi connectivity index (χ2v) is 4.03. The summed E-state index contributed by atoms with van der Waals surface area (Å²) in [7, 11) is 0. The maximum atomic E-state index is 13.4. The topological polar surface area (TPSA) is 4.93 Å². The Morgan fingerprint density at radius 2 is 2.20 bits per heavy atom. The van der Waals surface area contributed by atoms with Gasteiger partial charge in [0.25, 0.3) is 0 Å². The second-order valence-electron chi connectivity index (χ2n) is 3.17. The lowest BCUT2D eigenvalue weighted by molar-refractivity contribution is 0.516. The molecule has 78 valence electrons. The van der Waals surface area contributed by atoms with Gasteiger partial charge in [-0.1, -0.05) is 6.08 Å². The summed E-state index contributed by atoms with van der Waals surface area (Å²) in [5, 5.41) is 0.281. The number of hydrogen-bond donors (Lipinski definition) is 0. The van der Waals surface area contributed by atoms with Gasteiger partial charge >= 0.3 is 0 Å². The van der Waals surface area contributed by atoms with Crippen molar-refractivity contribution in [2.75, 3.05) is 0 Å². The van der Waals surface area contributed by atoms with Crippen LogP contribution < -0.4 is 0 Å². The first kappa shape index (κ1) is 10.4. The second kappa shape index (κ2) is 3.77. The van der Waals surface area contributed by atoms with Crippen LogP contribution in [0, 0.1) is 11.6 Å². The molecule has 0 radical (unpaired) electrons. The molecule has 15 heavy (non-hydrogen) atoms. The first-order valence-electron chi connectivity index (χ1n) is 4.38. The summed E-state index contributed by atoms with van der Waals surface area (Å²) in [5.41, 5.74) is 0.647. The minimum Gasteiger partial charge on any atom is -0.343 e. The lowest BCUT2D eigenvalue weighted by Crippen LogP contribution is -1.94. The van der Waals surface area contributed by atoms with E-state index in [0.29, 0.717) is 16.5 Å². The van der Waals surface area contributed by atoms with Crippen LogP contribution in [0.15, 0.2) is 35.5 Å². The molecule has 1 aromatic carbocycles. The lowest BCUT2D eigenvalue weighted by Gasteiger charge is -2.04. The van der Waals surface area contributed by atoms with Gasteiger partial charge in [0, 0.05) is 22.6 Å². The predicted octanol–water partition coefficient (Wildman–Crippen LogP) is 3.87. The third-order valence-electron chi connectivity index (χ3n) is 2.22. The predicted molar refractivity (Wildman–Crippen MR) is 59.8 cm³/mol. The van der Waals surface area contributed by atoms with Gasteiger partial charge in [-0.3, -0.25) is 0 Å². The van der Waals surface area contributed by atoms with E-state index < -0.39 is 11.6 Å². The molecule has 0 amide bonds. The third kappa shape index (κ3) is 1.59. The van der Waals surface area contributed by atoms with Crippen molar-refractivity contribution in [1.29, 1.82) is 0 Å². The summed E-state index contributed by atoms with van der Waals surface area (Å²) in [6.45, 7) is 4.17. The summed E-state index contributed by atoms with van der Waals surface area (Å²) in [6, 6.07) is 2.69. The summed E-state index contributed by atoms with van der Waals surface area (Å²) < 4.78 is 28.8. The van der Waals surface area contributed by atoms with E-state index in [-0.39, 0.29) is 5.39 Å². The molecule has 1 aromatic heterocycles. The third-order valence-corrected chi connectivity index (χ3v) is 2.82. The molecule has 0 saturated carbocycles. The highest BCUT2D eigenvalue weighted by atomic mass is 79.9. The lowest BCUT2D eigenvalue weighted by atomic mass is 10.2. The van der Waals surface area contributed by atoms with E-state index in [1.165, 1.54) is 0 Å². The van der Waals surface area contributed by atoms with Crippen molar-refractivity contribution in [1.82, 2.24) is 4.57 Å². The first-order chi connectivity index (χ1) is 7.15. The maximum Gasteiger partial charge on any atom is 0.168 e. The molecule has 1 heterocycles. The van der Waals surface area contributed by atoms with Gasteiger partial charge in [-0.25, -0.2) is 8.78 Å². The highest BCUT2D eigenvalue weighted by Gasteiger charge is 2.13. The van der Waals surface area contributed by atoms with Crippen LogP contribution in [-0.2, 0) is 6.54 Å². The zero-order chi connectivity index (χ0) is 11.0. The standard InChI is InChI=1S/C11H8BrF2N/c1-2-4-15-5-3-7-10(14)9(13)6-8(12)11(7)15/h2-3,5-6H,1,4H2. The summed E-state index contributed by atoms with van der Waals surface area (Å²) >= 11 is 3.22. The molecular formula is C11H8BrF2N. The molecule has 0 spiro atoms. The minimum atomic E-state index is -0.842. The summed E-state index contributed by atoms with van der Waals surface area (Å²) in [6.07, 6.45) is 3.41. The van der Waals surface area contributed by atoms with Crippen LogP contribution in [-0.4, -0.2) is 4.57 Å². The fraction of sp³-hybridized carbons (Fsp3) is 0.0909. The molecule has 0 fully saturated rings. The van der Waals surface area contributed by atoms with Crippen LogP contribution in [0.2, 0.25) is 0 Å². The van der Waals surface area contributed by atoms with Crippen LogP contribution in [0.1, 0.15) is 0 Å². The first-order valence-corrected chi connectivity index (χ1v) is 5.17. The fourth-order valence-corrected chi connectivity index (χ4v) is 2.22. The van der Waals surface area contributed by atoms with E-state index in [1.807, 2.05) is 0 Å². The number of rotatable bonds is 2. The van der Waals surface area contributed by atoms with Gasteiger partial charge in [-0.15, -0.1) is 6.58 Å². The Morgan fingerprint density at radius 1 is 1.47 bits per heavy atom. The highest BCUT2D eigenvalue weighted by Crippen LogP contribution is 2.29. The van der Waals surface area contributed by atoms with Crippen molar-refractivity contribution in [2.45, 2.75) is 6.54 Å². The minimum absolute atomic E-state index is 0.281. The van der Waals surface area contributed by atoms with E-state index in [2.05, 4.69) is 22.5 Å². The van der Waals surface area contributed by atoms with Crippen LogP contribution in [0.4, 0.5) is 8.78 Å². The number of benzene rings is 1. The van der Waals surface area contributed by atoms with E-state index >= 15 is 0 Å². The molecular weight excluding hydrogens is 264 g/mol. The number of hydrogen-bond acceptors (Lipinski definition) is 0. The average Bonchev–Trinajstić information content (AvgIpc) is 2.59. The Kier molecular flexibility index (Phi) is 2.61. The van der Waals surface area contributed by atoms with Gasteiger partial charge in [0.05, 0.1) is 5.52 Å². The summed E-state index contributed by atoms with van der Waals surface area (Å²) in [5.74, 6) is -1.65. The number of aromatic nitrogens is 1. The molecule has 0 saturated heterocycles. The van der Waals surface area contributed by atoms with Crippen molar-refractivity contribution in [2.24, 2.45) is 0 Å². The zero-order valence-corrected chi connectivity index (χ0v) is 9.39. The number of halogens is 3. The molecule has 0 aliphatic rings. The molecule has 0 N–H and O–H groups in total. The number of allylic oxidation sites excluding steroid dienone is 1. The van der Waals surface area contributed by atoms with Crippen molar-refractivity contribution in [3.8, 4) is 0 Å². The zero-order valence-electron chi connectivity index (χ0n) is 7.80. The Hall–Kier alpha value is -1.16. The van der Waals surface area contributed by atoms with Crippen LogP contribution >= 0.6 is 15.9 Å². The SMILES string of the molecule is C=CCn1ccc2c(F)c(F)cc(Br)c21. The molecule has 2 rings (SSSR count). The van der Waals surface area contributed by atoms with Gasteiger partial charge in [0.15, 0.2) is 11.6 Å². The largest absolute Gasteiger partial charge is 0.343 e. The van der Waals surface area contributed by atoms with Gasteiger partial charge in [-0.2, -0.15) is 0 Å². The van der Waals surface area contributed by atoms with Crippen molar-refractivity contribution < 1.29 is 8.78 Å². The molecule has 4 heteroatoms. The smallest absolute Gasteiger partial charge is 0.168 e. The quantitative estimate of drug-likeness (QED) is 0.577. The van der Waals surface area contributed by atoms with Crippen LogP contribution in [0.3, 0.4) is 0 Å². The molecule has 1 nitrogen and oxygen atoms in total. The fourth-order valence-electron chi connectivity index (χ4n) is 1.58.